The largest absolute Gasteiger partial charge is 0.333 e. The van der Waals surface area contributed by atoms with Crippen molar-refractivity contribution in [3.8, 4) is 0 Å². The molecule has 0 radical (unpaired) electrons. The molecule has 0 saturated heterocycles. The first-order valence-electron chi connectivity index (χ1n) is 3.04. The highest BCUT2D eigenvalue weighted by Crippen LogP contribution is 1.99. The van der Waals surface area contributed by atoms with Crippen molar-refractivity contribution >= 4 is 11.6 Å². The summed E-state index contributed by atoms with van der Waals surface area (Å²) in [7, 11) is 0. The summed E-state index contributed by atoms with van der Waals surface area (Å²) in [5.41, 5.74) is 2.71. The van der Waals surface area contributed by atoms with E-state index in [0.29, 0.717) is 0 Å². The van der Waals surface area contributed by atoms with Gasteiger partial charge in [0.1, 0.15) is 0 Å². The topological polar surface area (TPSA) is 17.8 Å². The lowest BCUT2D eigenvalue weighted by molar-refractivity contribution is 0.784. The summed E-state index contributed by atoms with van der Waals surface area (Å²) in [5.74, 6) is 0. The molecule has 0 atom stereocenters. The first kappa shape index (κ1) is 7.35. The summed E-state index contributed by atoms with van der Waals surface area (Å²) in [5, 5.41) is 0. The Morgan fingerprint density at radius 3 is 3.10 bits per heavy atom. The van der Waals surface area contributed by atoms with Crippen LogP contribution in [0.3, 0.4) is 0 Å². The van der Waals surface area contributed by atoms with Crippen molar-refractivity contribution < 1.29 is 0 Å². The van der Waals surface area contributed by atoms with E-state index < -0.39 is 0 Å². The van der Waals surface area contributed by atoms with Crippen LogP contribution >= 0.6 is 11.6 Å². The summed E-state index contributed by atoms with van der Waals surface area (Å²) in [6.07, 6.45) is 5.43. The predicted octanol–water partition coefficient (Wildman–Crippen LogP) is 2.03. The van der Waals surface area contributed by atoms with Crippen molar-refractivity contribution in [3.05, 3.63) is 29.8 Å². The third-order valence-corrected chi connectivity index (χ3v) is 1.55. The van der Waals surface area contributed by atoms with Crippen LogP contribution in [-0.4, -0.2) is 9.55 Å². The molecule has 3 heteroatoms. The fraction of sp³-hybridized carbons (Fsp3) is 0.286. The van der Waals surface area contributed by atoms with E-state index >= 15 is 0 Å². The molecule has 0 N–H and O–H groups in total. The Kier molecular flexibility index (Phi) is 2.51. The first-order valence-corrected chi connectivity index (χ1v) is 3.48. The molecule has 2 nitrogen and oxygen atoms in total. The maximum atomic E-state index is 5.47. The highest BCUT2D eigenvalue weighted by molar-refractivity contribution is 6.25. The normalized spacial score (nSPS) is 12.0. The molecular weight excluding hydrogens is 148 g/mol. The maximum Gasteiger partial charge on any atom is 0.0948 e. The van der Waals surface area contributed by atoms with Gasteiger partial charge >= 0.3 is 0 Å². The van der Waals surface area contributed by atoms with E-state index in [9.17, 15) is 0 Å². The van der Waals surface area contributed by atoms with Crippen LogP contribution in [0.5, 0.6) is 0 Å². The molecule has 0 saturated carbocycles. The molecule has 0 fully saturated rings. The lowest BCUT2D eigenvalue weighted by Gasteiger charge is -1.98. The zero-order chi connectivity index (χ0) is 7.40. The van der Waals surface area contributed by atoms with Crippen LogP contribution in [0.1, 0.15) is 6.92 Å². The minimum atomic E-state index is 0.823. The smallest absolute Gasteiger partial charge is 0.0948 e. The van der Waals surface area contributed by atoms with E-state index in [1.54, 1.807) is 18.1 Å². The molecule has 0 bridgehead atoms. The molecule has 0 amide bonds. The molecule has 1 heterocycles. The van der Waals surface area contributed by atoms with Crippen LogP contribution in [0.25, 0.3) is 0 Å². The molecule has 1 aromatic rings. The number of hydrogen-bond donors (Lipinski definition) is 0. The van der Waals surface area contributed by atoms with Gasteiger partial charge in [0, 0.05) is 24.5 Å². The molecule has 0 aliphatic heterocycles. The number of imidazole rings is 1. The van der Waals surface area contributed by atoms with Crippen LogP contribution < -0.4 is 0 Å². The SMILES string of the molecule is C/C(=C/Cl)Cn1ccnc1. The third kappa shape index (κ3) is 1.88. The molecule has 1 rings (SSSR count). The second kappa shape index (κ2) is 3.42. The highest BCUT2D eigenvalue weighted by Gasteiger charge is 1.89. The lowest BCUT2D eigenvalue weighted by atomic mass is 10.3. The van der Waals surface area contributed by atoms with Crippen molar-refractivity contribution in [2.24, 2.45) is 0 Å². The number of rotatable bonds is 2. The van der Waals surface area contributed by atoms with Gasteiger partial charge in [-0.15, -0.1) is 0 Å². The Bertz CT molecular complexity index is 214. The molecule has 0 aliphatic rings. The van der Waals surface area contributed by atoms with Gasteiger partial charge in [0.05, 0.1) is 6.33 Å². The van der Waals surface area contributed by atoms with Crippen molar-refractivity contribution in [2.45, 2.75) is 13.5 Å². The van der Waals surface area contributed by atoms with E-state index in [2.05, 4.69) is 4.98 Å². The Morgan fingerprint density at radius 1 is 1.80 bits per heavy atom. The van der Waals surface area contributed by atoms with Crippen LogP contribution in [0.4, 0.5) is 0 Å². The van der Waals surface area contributed by atoms with Gasteiger partial charge in [0.15, 0.2) is 0 Å². The van der Waals surface area contributed by atoms with E-state index in [4.69, 9.17) is 11.6 Å². The lowest BCUT2D eigenvalue weighted by Crippen LogP contribution is -1.94. The second-order valence-corrected chi connectivity index (χ2v) is 2.41. The molecular formula is C7H9ClN2. The Hall–Kier alpha value is -0.760. The first-order chi connectivity index (χ1) is 4.83. The molecule has 0 unspecified atom stereocenters. The molecule has 0 spiro atoms. The third-order valence-electron chi connectivity index (χ3n) is 1.18. The predicted molar refractivity (Wildman–Crippen MR) is 41.8 cm³/mol. The minimum Gasteiger partial charge on any atom is -0.333 e. The van der Waals surface area contributed by atoms with E-state index in [1.165, 1.54) is 0 Å². The number of halogens is 1. The summed E-state index contributed by atoms with van der Waals surface area (Å²) < 4.78 is 1.97. The Balaban J connectivity index is 2.56. The van der Waals surface area contributed by atoms with Crippen LogP contribution in [0, 0.1) is 0 Å². The zero-order valence-corrected chi connectivity index (χ0v) is 6.54. The number of aromatic nitrogens is 2. The molecule has 54 valence electrons. The van der Waals surface area contributed by atoms with Gasteiger partial charge < -0.3 is 4.57 Å². The standard InChI is InChI=1S/C7H9ClN2/c1-7(4-8)5-10-3-2-9-6-10/h2-4,6H,5H2,1H3/b7-4-. The summed E-state index contributed by atoms with van der Waals surface area (Å²) in [4.78, 5) is 3.90. The van der Waals surface area contributed by atoms with Crippen LogP contribution in [0.2, 0.25) is 0 Å². The fourth-order valence-electron chi connectivity index (χ4n) is 0.703. The summed E-state index contributed by atoms with van der Waals surface area (Å²) in [6, 6.07) is 0. The Morgan fingerprint density at radius 2 is 2.60 bits per heavy atom. The second-order valence-electron chi connectivity index (χ2n) is 2.19. The van der Waals surface area contributed by atoms with Crippen molar-refractivity contribution in [1.29, 1.82) is 0 Å². The van der Waals surface area contributed by atoms with Gasteiger partial charge in [-0.1, -0.05) is 11.6 Å². The maximum absolute atomic E-state index is 5.47. The van der Waals surface area contributed by atoms with Crippen LogP contribution in [-0.2, 0) is 6.54 Å². The molecule has 0 aromatic carbocycles. The monoisotopic (exact) mass is 156 g/mol. The number of allylic oxidation sites excluding steroid dienone is 1. The zero-order valence-electron chi connectivity index (χ0n) is 5.79. The minimum absolute atomic E-state index is 0.823. The van der Waals surface area contributed by atoms with Crippen molar-refractivity contribution in [1.82, 2.24) is 9.55 Å². The number of nitrogens with zero attached hydrogens (tertiary/aromatic N) is 2. The fourth-order valence-corrected chi connectivity index (χ4v) is 0.772. The van der Waals surface area contributed by atoms with Gasteiger partial charge in [-0.2, -0.15) is 0 Å². The van der Waals surface area contributed by atoms with Crippen molar-refractivity contribution in [2.75, 3.05) is 0 Å². The van der Waals surface area contributed by atoms with Gasteiger partial charge in [-0.3, -0.25) is 0 Å². The van der Waals surface area contributed by atoms with Gasteiger partial charge in [-0.05, 0) is 12.5 Å². The van der Waals surface area contributed by atoms with Crippen LogP contribution in [0.15, 0.2) is 29.8 Å². The van der Waals surface area contributed by atoms with Gasteiger partial charge in [0.25, 0.3) is 0 Å². The quantitative estimate of drug-likeness (QED) is 0.641. The average molecular weight is 157 g/mol. The summed E-state index contributed by atoms with van der Waals surface area (Å²) in [6.45, 7) is 2.80. The van der Waals surface area contributed by atoms with E-state index in [-0.39, 0.29) is 0 Å². The Labute approximate surface area is 65.1 Å². The van der Waals surface area contributed by atoms with E-state index in [1.807, 2.05) is 17.7 Å². The average Bonchev–Trinajstić information content (AvgIpc) is 2.40. The van der Waals surface area contributed by atoms with Crippen molar-refractivity contribution in [3.63, 3.8) is 0 Å². The highest BCUT2D eigenvalue weighted by atomic mass is 35.5. The van der Waals surface area contributed by atoms with Gasteiger partial charge in [0.2, 0.25) is 0 Å². The molecule has 1 aromatic heterocycles. The van der Waals surface area contributed by atoms with Gasteiger partial charge in [-0.25, -0.2) is 4.98 Å². The van der Waals surface area contributed by atoms with E-state index in [0.717, 1.165) is 12.1 Å². The molecule has 10 heavy (non-hydrogen) atoms. The summed E-state index contributed by atoms with van der Waals surface area (Å²) >= 11 is 5.47. The molecule has 0 aliphatic carbocycles. The number of hydrogen-bond acceptors (Lipinski definition) is 1.